The highest BCUT2D eigenvalue weighted by Crippen LogP contribution is 2.23. The Hall–Kier alpha value is -3.40. The van der Waals surface area contributed by atoms with Gasteiger partial charge in [0.15, 0.2) is 0 Å². The summed E-state index contributed by atoms with van der Waals surface area (Å²) in [5, 5.41) is 3.05. The van der Waals surface area contributed by atoms with Crippen molar-refractivity contribution in [1.29, 1.82) is 0 Å². The minimum absolute atomic E-state index is 0.0107. The van der Waals surface area contributed by atoms with E-state index in [1.807, 2.05) is 63.2 Å². The fourth-order valence-corrected chi connectivity index (χ4v) is 4.39. The second-order valence-corrected chi connectivity index (χ2v) is 11.3. The number of carbonyl (C=O) groups is 2. The standard InChI is InChI=1S/C33H42N2O2/c1-24(2)34-32(37)30(22-27-10-8-7-9-11-27)35(23-28-14-12-25(3)13-15-28)31(36)21-18-26-16-19-29(20-17-26)33(4,5)6/h7-17,19-20,24,30H,18,21-23H2,1-6H3,(H,34,37). The summed E-state index contributed by atoms with van der Waals surface area (Å²) in [6, 6.07) is 26.1. The van der Waals surface area contributed by atoms with Gasteiger partial charge in [0.1, 0.15) is 6.04 Å². The molecule has 3 aromatic rings. The summed E-state index contributed by atoms with van der Waals surface area (Å²) in [6.45, 7) is 12.9. The van der Waals surface area contributed by atoms with Crippen molar-refractivity contribution < 1.29 is 9.59 Å². The van der Waals surface area contributed by atoms with E-state index in [2.05, 4.69) is 62.5 Å². The molecular weight excluding hydrogens is 456 g/mol. The first kappa shape index (κ1) is 28.2. The first-order valence-electron chi connectivity index (χ1n) is 13.3. The monoisotopic (exact) mass is 498 g/mol. The Morgan fingerprint density at radius 1 is 0.811 bits per heavy atom. The van der Waals surface area contributed by atoms with Gasteiger partial charge in [0.05, 0.1) is 0 Å². The minimum atomic E-state index is -0.595. The van der Waals surface area contributed by atoms with Crippen LogP contribution in [-0.2, 0) is 34.4 Å². The van der Waals surface area contributed by atoms with Crippen LogP contribution in [0.25, 0.3) is 0 Å². The Bertz CT molecular complexity index is 1140. The zero-order valence-electron chi connectivity index (χ0n) is 23.3. The van der Waals surface area contributed by atoms with Crippen molar-refractivity contribution in [3.8, 4) is 0 Å². The van der Waals surface area contributed by atoms with Crippen LogP contribution in [0.2, 0.25) is 0 Å². The molecule has 1 N–H and O–H groups in total. The van der Waals surface area contributed by atoms with Gasteiger partial charge in [-0.2, -0.15) is 0 Å². The molecule has 0 aliphatic heterocycles. The van der Waals surface area contributed by atoms with Crippen molar-refractivity contribution in [1.82, 2.24) is 10.2 Å². The van der Waals surface area contributed by atoms with E-state index in [0.29, 0.717) is 25.8 Å². The van der Waals surface area contributed by atoms with E-state index in [1.165, 1.54) is 11.1 Å². The smallest absolute Gasteiger partial charge is 0.243 e. The second kappa shape index (κ2) is 12.7. The minimum Gasteiger partial charge on any atom is -0.352 e. The van der Waals surface area contributed by atoms with Gasteiger partial charge in [-0.1, -0.05) is 105 Å². The van der Waals surface area contributed by atoms with Crippen LogP contribution in [0, 0.1) is 6.92 Å². The molecule has 3 rings (SSSR count). The molecule has 2 amide bonds. The molecule has 4 heteroatoms. The van der Waals surface area contributed by atoms with Gasteiger partial charge in [0.2, 0.25) is 11.8 Å². The number of carbonyl (C=O) groups excluding carboxylic acids is 2. The van der Waals surface area contributed by atoms with E-state index < -0.39 is 6.04 Å². The highest BCUT2D eigenvalue weighted by Gasteiger charge is 2.30. The number of rotatable bonds is 10. The summed E-state index contributed by atoms with van der Waals surface area (Å²) < 4.78 is 0. The Kier molecular flexibility index (Phi) is 9.68. The number of nitrogens with zero attached hydrogens (tertiary/aromatic N) is 1. The molecule has 37 heavy (non-hydrogen) atoms. The maximum absolute atomic E-state index is 13.8. The first-order chi connectivity index (χ1) is 17.5. The summed E-state index contributed by atoms with van der Waals surface area (Å²) in [5.74, 6) is -0.130. The van der Waals surface area contributed by atoms with Gasteiger partial charge in [-0.25, -0.2) is 0 Å². The summed E-state index contributed by atoms with van der Waals surface area (Å²) in [4.78, 5) is 29.0. The fraction of sp³-hybridized carbons (Fsp3) is 0.394. The zero-order chi connectivity index (χ0) is 27.0. The van der Waals surface area contributed by atoms with Crippen LogP contribution in [0.15, 0.2) is 78.9 Å². The SMILES string of the molecule is Cc1ccc(CN(C(=O)CCc2ccc(C(C)(C)C)cc2)C(Cc2ccccc2)C(=O)NC(C)C)cc1. The lowest BCUT2D eigenvalue weighted by Gasteiger charge is -2.32. The first-order valence-corrected chi connectivity index (χ1v) is 13.3. The van der Waals surface area contributed by atoms with Crippen LogP contribution < -0.4 is 5.32 Å². The molecule has 0 fully saturated rings. The van der Waals surface area contributed by atoms with Gasteiger partial charge in [-0.3, -0.25) is 9.59 Å². The van der Waals surface area contributed by atoms with E-state index in [9.17, 15) is 9.59 Å². The quantitative estimate of drug-likeness (QED) is 0.352. The molecule has 1 unspecified atom stereocenters. The summed E-state index contributed by atoms with van der Waals surface area (Å²) >= 11 is 0. The molecule has 0 aromatic heterocycles. The maximum atomic E-state index is 13.8. The Labute approximate surface area is 223 Å². The van der Waals surface area contributed by atoms with Crippen LogP contribution in [-0.4, -0.2) is 28.8 Å². The fourth-order valence-electron chi connectivity index (χ4n) is 4.39. The van der Waals surface area contributed by atoms with Crippen molar-refractivity contribution in [3.05, 3.63) is 107 Å². The lowest BCUT2D eigenvalue weighted by atomic mass is 9.86. The predicted molar refractivity (Wildman–Crippen MR) is 152 cm³/mol. The van der Waals surface area contributed by atoms with Crippen LogP contribution in [0.3, 0.4) is 0 Å². The Morgan fingerprint density at radius 2 is 1.41 bits per heavy atom. The molecule has 3 aromatic carbocycles. The molecule has 0 aliphatic rings. The molecule has 0 saturated carbocycles. The molecule has 196 valence electrons. The number of hydrogen-bond donors (Lipinski definition) is 1. The van der Waals surface area contributed by atoms with Crippen molar-refractivity contribution in [2.24, 2.45) is 0 Å². The van der Waals surface area contributed by atoms with Crippen LogP contribution in [0.5, 0.6) is 0 Å². The molecule has 0 aliphatic carbocycles. The van der Waals surface area contributed by atoms with E-state index in [1.54, 1.807) is 4.90 Å². The number of nitrogens with one attached hydrogen (secondary N) is 1. The van der Waals surface area contributed by atoms with Gasteiger partial charge in [0.25, 0.3) is 0 Å². The van der Waals surface area contributed by atoms with Crippen molar-refractivity contribution >= 4 is 11.8 Å². The molecule has 0 spiro atoms. The lowest BCUT2D eigenvalue weighted by Crippen LogP contribution is -2.51. The summed E-state index contributed by atoms with van der Waals surface area (Å²) in [7, 11) is 0. The number of hydrogen-bond acceptors (Lipinski definition) is 2. The topological polar surface area (TPSA) is 49.4 Å². The van der Waals surface area contributed by atoms with Crippen molar-refractivity contribution in [2.45, 2.75) is 84.8 Å². The van der Waals surface area contributed by atoms with Gasteiger partial charge < -0.3 is 10.2 Å². The highest BCUT2D eigenvalue weighted by molar-refractivity contribution is 5.88. The van der Waals surface area contributed by atoms with E-state index in [0.717, 1.165) is 16.7 Å². The van der Waals surface area contributed by atoms with Crippen LogP contribution in [0.1, 0.15) is 68.9 Å². The van der Waals surface area contributed by atoms with Gasteiger partial charge in [0, 0.05) is 25.4 Å². The third-order valence-electron chi connectivity index (χ3n) is 6.62. The van der Waals surface area contributed by atoms with Gasteiger partial charge in [-0.05, 0) is 54.9 Å². The third-order valence-corrected chi connectivity index (χ3v) is 6.62. The maximum Gasteiger partial charge on any atom is 0.243 e. The Balaban J connectivity index is 1.87. The van der Waals surface area contributed by atoms with Gasteiger partial charge >= 0.3 is 0 Å². The van der Waals surface area contributed by atoms with Gasteiger partial charge in [-0.15, -0.1) is 0 Å². The predicted octanol–water partition coefficient (Wildman–Crippen LogP) is 6.39. The summed E-state index contributed by atoms with van der Waals surface area (Å²) in [6.07, 6.45) is 1.45. The Morgan fingerprint density at radius 3 is 1.97 bits per heavy atom. The summed E-state index contributed by atoms with van der Waals surface area (Å²) in [5.41, 5.74) is 5.71. The molecule has 0 bridgehead atoms. The van der Waals surface area contributed by atoms with E-state index >= 15 is 0 Å². The van der Waals surface area contributed by atoms with E-state index in [-0.39, 0.29) is 23.3 Å². The second-order valence-electron chi connectivity index (χ2n) is 11.3. The normalized spacial score (nSPS) is 12.3. The number of benzene rings is 3. The molecule has 0 saturated heterocycles. The average Bonchev–Trinajstić information content (AvgIpc) is 2.85. The zero-order valence-corrected chi connectivity index (χ0v) is 23.3. The third kappa shape index (κ3) is 8.59. The molecule has 4 nitrogen and oxygen atoms in total. The molecule has 0 radical (unpaired) electrons. The largest absolute Gasteiger partial charge is 0.352 e. The highest BCUT2D eigenvalue weighted by atomic mass is 16.2. The average molecular weight is 499 g/mol. The van der Waals surface area contributed by atoms with Crippen molar-refractivity contribution in [2.75, 3.05) is 0 Å². The van der Waals surface area contributed by atoms with E-state index in [4.69, 9.17) is 0 Å². The lowest BCUT2D eigenvalue weighted by molar-refractivity contribution is -0.141. The van der Waals surface area contributed by atoms with Crippen molar-refractivity contribution in [3.63, 3.8) is 0 Å². The molecular formula is C33H42N2O2. The molecule has 0 heterocycles. The molecule has 1 atom stereocenters. The van der Waals surface area contributed by atoms with Crippen LogP contribution in [0.4, 0.5) is 0 Å². The number of amides is 2. The number of aryl methyl sites for hydroxylation is 2. The van der Waals surface area contributed by atoms with Crippen LogP contribution >= 0.6 is 0 Å².